The fourth-order valence-electron chi connectivity index (χ4n) is 4.25. The number of fused-ring (bicyclic) bond motifs is 2. The molecule has 2 bridgehead atoms. The molecule has 6 heteroatoms. The standard InChI is InChI=1S/C20H23N3O2S/c1-12(24)21-10-13-2-5-15(6-3-13)18-11-26-20(22-18)23-19(25)17-9-14-4-7-16(17)8-14/h2-3,5-6,11,14,16-17H,4,7-10H2,1H3,(H,21,24)(H,22,23,25). The molecule has 4 rings (SSSR count). The van der Waals surface area contributed by atoms with Crippen molar-refractivity contribution >= 4 is 28.3 Å². The monoisotopic (exact) mass is 369 g/mol. The maximum Gasteiger partial charge on any atom is 0.229 e. The van der Waals surface area contributed by atoms with E-state index in [1.54, 1.807) is 0 Å². The zero-order chi connectivity index (χ0) is 18.1. The van der Waals surface area contributed by atoms with Crippen LogP contribution in [0.5, 0.6) is 0 Å². The van der Waals surface area contributed by atoms with E-state index in [0.717, 1.165) is 29.2 Å². The molecule has 1 aromatic heterocycles. The van der Waals surface area contributed by atoms with Crippen LogP contribution in [0.2, 0.25) is 0 Å². The van der Waals surface area contributed by atoms with Crippen LogP contribution in [0, 0.1) is 17.8 Å². The molecular weight excluding hydrogens is 346 g/mol. The molecule has 0 aliphatic heterocycles. The van der Waals surface area contributed by atoms with Gasteiger partial charge < -0.3 is 10.6 Å². The summed E-state index contributed by atoms with van der Waals surface area (Å²) in [7, 11) is 0. The van der Waals surface area contributed by atoms with Crippen molar-refractivity contribution in [3.63, 3.8) is 0 Å². The van der Waals surface area contributed by atoms with Crippen molar-refractivity contribution in [2.45, 2.75) is 39.2 Å². The Bertz CT molecular complexity index is 815. The molecule has 2 fully saturated rings. The van der Waals surface area contributed by atoms with E-state index in [-0.39, 0.29) is 17.7 Å². The maximum absolute atomic E-state index is 12.5. The van der Waals surface area contributed by atoms with E-state index in [9.17, 15) is 9.59 Å². The Kier molecular flexibility index (Phi) is 4.76. The molecule has 0 radical (unpaired) electrons. The third kappa shape index (κ3) is 3.65. The van der Waals surface area contributed by atoms with Crippen molar-refractivity contribution in [2.75, 3.05) is 5.32 Å². The second-order valence-corrected chi connectivity index (χ2v) is 8.27. The van der Waals surface area contributed by atoms with Crippen LogP contribution in [0.4, 0.5) is 5.13 Å². The van der Waals surface area contributed by atoms with Crippen LogP contribution in [-0.4, -0.2) is 16.8 Å². The average Bonchev–Trinajstić information content (AvgIpc) is 3.37. The first-order valence-corrected chi connectivity index (χ1v) is 10.1. The Morgan fingerprint density at radius 1 is 1.19 bits per heavy atom. The van der Waals surface area contributed by atoms with Crippen LogP contribution in [-0.2, 0) is 16.1 Å². The fourth-order valence-corrected chi connectivity index (χ4v) is 4.97. The molecule has 0 saturated heterocycles. The van der Waals surface area contributed by atoms with Crippen molar-refractivity contribution in [1.82, 2.24) is 10.3 Å². The lowest BCUT2D eigenvalue weighted by Gasteiger charge is -2.19. The molecule has 3 unspecified atom stereocenters. The molecular formula is C20H23N3O2S. The largest absolute Gasteiger partial charge is 0.352 e. The molecule has 2 aliphatic rings. The number of carbonyl (C=O) groups excluding carboxylic acids is 2. The van der Waals surface area contributed by atoms with E-state index in [1.165, 1.54) is 37.5 Å². The number of benzene rings is 1. The summed E-state index contributed by atoms with van der Waals surface area (Å²) in [5, 5.41) is 8.46. The minimum atomic E-state index is -0.0376. The third-order valence-electron chi connectivity index (χ3n) is 5.60. The lowest BCUT2D eigenvalue weighted by Crippen LogP contribution is -2.27. The Morgan fingerprint density at radius 3 is 2.65 bits per heavy atom. The van der Waals surface area contributed by atoms with Gasteiger partial charge in [0.25, 0.3) is 0 Å². The second-order valence-electron chi connectivity index (χ2n) is 7.42. The van der Waals surface area contributed by atoms with Gasteiger partial charge in [0.1, 0.15) is 0 Å². The summed E-state index contributed by atoms with van der Waals surface area (Å²) in [6, 6.07) is 7.96. The van der Waals surface area contributed by atoms with Crippen LogP contribution >= 0.6 is 11.3 Å². The molecule has 2 amide bonds. The highest BCUT2D eigenvalue weighted by molar-refractivity contribution is 7.14. The summed E-state index contributed by atoms with van der Waals surface area (Å²) in [5.41, 5.74) is 2.92. The van der Waals surface area contributed by atoms with E-state index in [4.69, 9.17) is 0 Å². The van der Waals surface area contributed by atoms with Crippen molar-refractivity contribution in [2.24, 2.45) is 17.8 Å². The van der Waals surface area contributed by atoms with Gasteiger partial charge in [0.2, 0.25) is 11.8 Å². The minimum absolute atomic E-state index is 0.0376. The zero-order valence-electron chi connectivity index (χ0n) is 14.8. The smallest absolute Gasteiger partial charge is 0.229 e. The van der Waals surface area contributed by atoms with Crippen molar-refractivity contribution in [3.05, 3.63) is 35.2 Å². The molecule has 136 valence electrons. The van der Waals surface area contributed by atoms with Crippen molar-refractivity contribution < 1.29 is 9.59 Å². The van der Waals surface area contributed by atoms with Gasteiger partial charge in [-0.1, -0.05) is 30.7 Å². The number of rotatable bonds is 5. The molecule has 1 aromatic carbocycles. The average molecular weight is 369 g/mol. The van der Waals surface area contributed by atoms with Crippen molar-refractivity contribution in [3.8, 4) is 11.3 Å². The first-order chi connectivity index (χ1) is 12.6. The number of nitrogens with one attached hydrogen (secondary N) is 2. The van der Waals surface area contributed by atoms with Gasteiger partial charge in [-0.15, -0.1) is 11.3 Å². The van der Waals surface area contributed by atoms with Crippen LogP contribution in [0.15, 0.2) is 29.6 Å². The van der Waals surface area contributed by atoms with Gasteiger partial charge in [0.15, 0.2) is 5.13 Å². The van der Waals surface area contributed by atoms with E-state index >= 15 is 0 Å². The van der Waals surface area contributed by atoms with Crippen LogP contribution in [0.1, 0.15) is 38.2 Å². The summed E-state index contributed by atoms with van der Waals surface area (Å²) >= 11 is 1.47. The highest BCUT2D eigenvalue weighted by Crippen LogP contribution is 2.48. The minimum Gasteiger partial charge on any atom is -0.352 e. The number of nitrogens with zero attached hydrogens (tertiary/aromatic N) is 1. The van der Waals surface area contributed by atoms with Crippen LogP contribution in [0.3, 0.4) is 0 Å². The van der Waals surface area contributed by atoms with E-state index in [1.807, 2.05) is 29.6 Å². The lowest BCUT2D eigenvalue weighted by atomic mass is 9.88. The highest BCUT2D eigenvalue weighted by Gasteiger charge is 2.43. The van der Waals surface area contributed by atoms with Gasteiger partial charge in [-0.2, -0.15) is 0 Å². The Balaban J connectivity index is 1.38. The highest BCUT2D eigenvalue weighted by atomic mass is 32.1. The summed E-state index contributed by atoms with van der Waals surface area (Å²) in [6.45, 7) is 2.04. The third-order valence-corrected chi connectivity index (χ3v) is 6.36. The predicted molar refractivity (Wildman–Crippen MR) is 103 cm³/mol. The number of hydrogen-bond acceptors (Lipinski definition) is 4. The van der Waals surface area contributed by atoms with Crippen LogP contribution < -0.4 is 10.6 Å². The van der Waals surface area contributed by atoms with Crippen molar-refractivity contribution in [1.29, 1.82) is 0 Å². The van der Waals surface area contributed by atoms with Gasteiger partial charge >= 0.3 is 0 Å². The van der Waals surface area contributed by atoms with E-state index in [2.05, 4.69) is 15.6 Å². The van der Waals surface area contributed by atoms with E-state index in [0.29, 0.717) is 17.6 Å². The number of anilines is 1. The SMILES string of the molecule is CC(=O)NCc1ccc(-c2csc(NC(=O)C3CC4CCC3C4)n2)cc1. The second kappa shape index (κ2) is 7.19. The fraction of sp³-hybridized carbons (Fsp3) is 0.450. The molecule has 2 aromatic rings. The maximum atomic E-state index is 12.5. The molecule has 0 spiro atoms. The molecule has 2 N–H and O–H groups in total. The number of hydrogen-bond donors (Lipinski definition) is 2. The van der Waals surface area contributed by atoms with Crippen LogP contribution in [0.25, 0.3) is 11.3 Å². The van der Waals surface area contributed by atoms with Gasteiger partial charge in [0.05, 0.1) is 5.69 Å². The summed E-state index contributed by atoms with van der Waals surface area (Å²) in [5.74, 6) is 1.62. The zero-order valence-corrected chi connectivity index (χ0v) is 15.6. The topological polar surface area (TPSA) is 71.1 Å². The van der Waals surface area contributed by atoms with Gasteiger partial charge in [-0.25, -0.2) is 4.98 Å². The summed E-state index contributed by atoms with van der Waals surface area (Å²) in [6.07, 6.45) is 4.78. The Morgan fingerprint density at radius 2 is 2.00 bits per heavy atom. The number of thiazole rings is 1. The van der Waals surface area contributed by atoms with E-state index < -0.39 is 0 Å². The first kappa shape index (κ1) is 17.2. The summed E-state index contributed by atoms with van der Waals surface area (Å²) < 4.78 is 0. The first-order valence-electron chi connectivity index (χ1n) is 9.18. The molecule has 3 atom stereocenters. The Hall–Kier alpha value is -2.21. The molecule has 26 heavy (non-hydrogen) atoms. The number of aromatic nitrogens is 1. The quantitative estimate of drug-likeness (QED) is 0.842. The predicted octanol–water partition coefficient (Wildman–Crippen LogP) is 3.82. The Labute approximate surface area is 157 Å². The normalized spacial score (nSPS) is 23.8. The molecule has 2 saturated carbocycles. The molecule has 5 nitrogen and oxygen atoms in total. The summed E-state index contributed by atoms with van der Waals surface area (Å²) in [4.78, 5) is 28.1. The molecule has 1 heterocycles. The number of carbonyl (C=O) groups is 2. The van der Waals surface area contributed by atoms with Gasteiger partial charge in [-0.3, -0.25) is 9.59 Å². The molecule has 2 aliphatic carbocycles. The van der Waals surface area contributed by atoms with Gasteiger partial charge in [-0.05, 0) is 36.7 Å². The number of amides is 2. The van der Waals surface area contributed by atoms with Gasteiger partial charge in [0, 0.05) is 30.3 Å². The lowest BCUT2D eigenvalue weighted by molar-refractivity contribution is -0.121.